The van der Waals surface area contributed by atoms with Gasteiger partial charge in [0.15, 0.2) is 0 Å². The Morgan fingerprint density at radius 2 is 1.88 bits per heavy atom. The number of hydrogen-bond donors (Lipinski definition) is 2. The van der Waals surface area contributed by atoms with E-state index in [1.807, 2.05) is 0 Å². The number of nitrogens with zero attached hydrogens (tertiary/aromatic N) is 2. The molecule has 130 valence electrons. The lowest BCUT2D eigenvalue weighted by molar-refractivity contribution is -0.140. The molecule has 4 fully saturated rings. The third-order valence-electron chi connectivity index (χ3n) is 6.42. The van der Waals surface area contributed by atoms with Gasteiger partial charge in [-0.1, -0.05) is 0 Å². The Bertz CT molecular complexity index is 631. The summed E-state index contributed by atoms with van der Waals surface area (Å²) < 4.78 is 1.29. The quantitative estimate of drug-likeness (QED) is 0.868. The molecule has 1 heterocycles. The number of carbonyl (C=O) groups excluding carboxylic acids is 1. The van der Waals surface area contributed by atoms with Crippen molar-refractivity contribution in [3.05, 3.63) is 18.0 Å². The molecule has 24 heavy (non-hydrogen) atoms. The van der Waals surface area contributed by atoms with Gasteiger partial charge in [-0.05, 0) is 74.7 Å². The summed E-state index contributed by atoms with van der Waals surface area (Å²) in [7, 11) is 0. The first kappa shape index (κ1) is 15.7. The first-order valence-electron chi connectivity index (χ1n) is 9.00. The normalized spacial score (nSPS) is 35.0. The molecule has 6 nitrogen and oxygen atoms in total. The van der Waals surface area contributed by atoms with Crippen LogP contribution in [0.1, 0.15) is 62.0 Å². The number of aliphatic carboxylic acids is 1. The van der Waals surface area contributed by atoms with Crippen molar-refractivity contribution in [3.63, 3.8) is 0 Å². The molecular formula is C18H25N3O3. The Morgan fingerprint density at radius 3 is 2.42 bits per heavy atom. The first-order valence-corrected chi connectivity index (χ1v) is 9.00. The average Bonchev–Trinajstić information content (AvgIpc) is 3.00. The fraction of sp³-hybridized carbons (Fsp3) is 0.722. The molecule has 1 unspecified atom stereocenters. The summed E-state index contributed by atoms with van der Waals surface area (Å²) in [6, 6.07) is 0.745. The minimum Gasteiger partial charge on any atom is -0.480 e. The Labute approximate surface area is 141 Å². The highest BCUT2D eigenvalue weighted by molar-refractivity contribution is 5.93. The van der Waals surface area contributed by atoms with Gasteiger partial charge >= 0.3 is 5.97 Å². The number of carbonyl (C=O) groups is 2. The first-order chi connectivity index (χ1) is 11.5. The van der Waals surface area contributed by atoms with Crippen LogP contribution in [0.25, 0.3) is 0 Å². The highest BCUT2D eigenvalue weighted by Crippen LogP contribution is 2.59. The van der Waals surface area contributed by atoms with Crippen molar-refractivity contribution in [2.75, 3.05) is 6.54 Å². The molecule has 5 rings (SSSR count). The predicted molar refractivity (Wildman–Crippen MR) is 87.5 cm³/mol. The van der Waals surface area contributed by atoms with Crippen LogP contribution < -0.4 is 5.32 Å². The molecule has 0 spiro atoms. The molecule has 1 amide bonds. The van der Waals surface area contributed by atoms with Gasteiger partial charge in [0.25, 0.3) is 5.91 Å². The fourth-order valence-electron chi connectivity index (χ4n) is 5.77. The molecule has 1 atom stereocenters. The van der Waals surface area contributed by atoms with Crippen molar-refractivity contribution in [1.29, 1.82) is 0 Å². The van der Waals surface area contributed by atoms with Crippen molar-refractivity contribution in [1.82, 2.24) is 15.1 Å². The van der Waals surface area contributed by atoms with Crippen LogP contribution in [0, 0.1) is 23.2 Å². The molecule has 4 bridgehead atoms. The van der Waals surface area contributed by atoms with Crippen LogP contribution in [0.5, 0.6) is 0 Å². The Kier molecular flexibility index (Phi) is 3.66. The molecule has 2 N–H and O–H groups in total. The molecule has 4 aliphatic carbocycles. The smallest absolute Gasteiger partial charge is 0.328 e. The van der Waals surface area contributed by atoms with Crippen LogP contribution in [0.15, 0.2) is 12.3 Å². The van der Waals surface area contributed by atoms with E-state index in [1.165, 1.54) is 56.3 Å². The standard InChI is InChI=1S/C18H25N3O3/c1-11(17(23)24)21-15(2-3-20-21)16(22)19-10-18-7-12-4-13(8-18)6-14(5-12)9-18/h2-3,11-14H,4-10H2,1H3,(H,19,22)(H,23,24). The monoisotopic (exact) mass is 331 g/mol. The highest BCUT2D eigenvalue weighted by Gasteiger charge is 2.50. The SMILES string of the molecule is CC(C(=O)O)n1nccc1C(=O)NCC12CC3CC(CC(C3)C1)C2. The van der Waals surface area contributed by atoms with E-state index >= 15 is 0 Å². The number of aromatic nitrogens is 2. The van der Waals surface area contributed by atoms with Crippen LogP contribution in [-0.4, -0.2) is 33.3 Å². The van der Waals surface area contributed by atoms with Crippen molar-refractivity contribution < 1.29 is 14.7 Å². The molecular weight excluding hydrogens is 306 g/mol. The minimum atomic E-state index is -0.992. The summed E-state index contributed by atoms with van der Waals surface area (Å²) in [4.78, 5) is 23.7. The van der Waals surface area contributed by atoms with E-state index in [4.69, 9.17) is 5.11 Å². The van der Waals surface area contributed by atoms with Crippen LogP contribution in [0.3, 0.4) is 0 Å². The van der Waals surface area contributed by atoms with Crippen molar-refractivity contribution in [2.45, 2.75) is 51.5 Å². The number of amides is 1. The summed E-state index contributed by atoms with van der Waals surface area (Å²) >= 11 is 0. The van der Waals surface area contributed by atoms with Gasteiger partial charge in [-0.3, -0.25) is 4.79 Å². The van der Waals surface area contributed by atoms with Crippen LogP contribution >= 0.6 is 0 Å². The maximum atomic E-state index is 12.6. The van der Waals surface area contributed by atoms with Gasteiger partial charge in [-0.15, -0.1) is 0 Å². The molecule has 0 aliphatic heterocycles. The number of nitrogens with one attached hydrogen (secondary N) is 1. The van der Waals surface area contributed by atoms with Gasteiger partial charge in [-0.2, -0.15) is 5.10 Å². The summed E-state index contributed by atoms with van der Waals surface area (Å²) in [6.45, 7) is 2.24. The molecule has 0 aromatic carbocycles. The summed E-state index contributed by atoms with van der Waals surface area (Å²) in [5.74, 6) is 1.35. The Balaban J connectivity index is 1.44. The van der Waals surface area contributed by atoms with E-state index in [0.717, 1.165) is 17.8 Å². The van der Waals surface area contributed by atoms with Crippen LogP contribution in [0.2, 0.25) is 0 Å². The van der Waals surface area contributed by atoms with Gasteiger partial charge in [-0.25, -0.2) is 9.48 Å². The van der Waals surface area contributed by atoms with E-state index < -0.39 is 12.0 Å². The lowest BCUT2D eigenvalue weighted by atomic mass is 9.49. The zero-order valence-electron chi connectivity index (χ0n) is 14.1. The number of carboxylic acids is 1. The topological polar surface area (TPSA) is 84.2 Å². The molecule has 4 saturated carbocycles. The van der Waals surface area contributed by atoms with Crippen LogP contribution in [0.4, 0.5) is 0 Å². The van der Waals surface area contributed by atoms with Gasteiger partial charge in [0.05, 0.1) is 0 Å². The third kappa shape index (κ3) is 2.62. The van der Waals surface area contributed by atoms with Gasteiger partial charge in [0.2, 0.25) is 0 Å². The van der Waals surface area contributed by atoms with E-state index in [9.17, 15) is 9.59 Å². The zero-order valence-corrected chi connectivity index (χ0v) is 14.1. The third-order valence-corrected chi connectivity index (χ3v) is 6.42. The summed E-state index contributed by atoms with van der Waals surface area (Å²) in [5.41, 5.74) is 0.600. The lowest BCUT2D eigenvalue weighted by Crippen LogP contribution is -2.51. The molecule has 1 aromatic rings. The van der Waals surface area contributed by atoms with E-state index in [2.05, 4.69) is 10.4 Å². The van der Waals surface area contributed by atoms with Gasteiger partial charge in [0, 0.05) is 12.7 Å². The lowest BCUT2D eigenvalue weighted by Gasteiger charge is -2.56. The van der Waals surface area contributed by atoms with E-state index in [1.54, 1.807) is 6.07 Å². The fourth-order valence-corrected chi connectivity index (χ4v) is 5.77. The molecule has 0 saturated heterocycles. The van der Waals surface area contributed by atoms with E-state index in [-0.39, 0.29) is 11.3 Å². The maximum Gasteiger partial charge on any atom is 0.328 e. The molecule has 6 heteroatoms. The maximum absolute atomic E-state index is 12.6. The van der Waals surface area contributed by atoms with Gasteiger partial charge < -0.3 is 10.4 Å². The van der Waals surface area contributed by atoms with E-state index in [0.29, 0.717) is 12.2 Å². The van der Waals surface area contributed by atoms with Crippen molar-refractivity contribution >= 4 is 11.9 Å². The average molecular weight is 331 g/mol. The predicted octanol–water partition coefficient (Wildman–Crippen LogP) is 2.47. The van der Waals surface area contributed by atoms with Gasteiger partial charge in [0.1, 0.15) is 11.7 Å². The highest BCUT2D eigenvalue weighted by atomic mass is 16.4. The Hall–Kier alpha value is -1.85. The summed E-state index contributed by atoms with van der Waals surface area (Å²) in [5, 5.41) is 16.2. The largest absolute Gasteiger partial charge is 0.480 e. The second-order valence-corrected chi connectivity index (χ2v) is 8.28. The Morgan fingerprint density at radius 1 is 1.29 bits per heavy atom. The summed E-state index contributed by atoms with van der Waals surface area (Å²) in [6.07, 6.45) is 9.36. The number of rotatable bonds is 5. The minimum absolute atomic E-state index is 0.212. The second kappa shape index (κ2) is 5.60. The second-order valence-electron chi connectivity index (χ2n) is 8.28. The molecule has 4 aliphatic rings. The molecule has 0 radical (unpaired) electrons. The molecule has 1 aromatic heterocycles. The van der Waals surface area contributed by atoms with Crippen molar-refractivity contribution in [2.24, 2.45) is 23.2 Å². The zero-order chi connectivity index (χ0) is 16.9. The number of carboxylic acid groups (broad SMARTS) is 1. The number of hydrogen-bond acceptors (Lipinski definition) is 3. The van der Waals surface area contributed by atoms with Crippen molar-refractivity contribution in [3.8, 4) is 0 Å². The van der Waals surface area contributed by atoms with Crippen LogP contribution in [-0.2, 0) is 4.79 Å².